The summed E-state index contributed by atoms with van der Waals surface area (Å²) in [5.41, 5.74) is 2.65. The van der Waals surface area contributed by atoms with Gasteiger partial charge in [-0.3, -0.25) is 28.9 Å². The fraction of sp³-hybridized carbons (Fsp3) is 0.560. The molecule has 0 aliphatic heterocycles. The Labute approximate surface area is 222 Å². The molecule has 1 amide bonds. The molecule has 0 aromatic heterocycles. The number of aliphatic hydroxyl groups excluding tert-OH is 1. The van der Waals surface area contributed by atoms with Gasteiger partial charge in [0.1, 0.15) is 5.75 Å². The van der Waals surface area contributed by atoms with Crippen molar-refractivity contribution in [1.29, 1.82) is 0 Å². The van der Waals surface area contributed by atoms with Crippen LogP contribution in [0.5, 0.6) is 5.75 Å². The van der Waals surface area contributed by atoms with Crippen molar-refractivity contribution in [2.24, 2.45) is 29.4 Å². The molecule has 200 valence electrons. The van der Waals surface area contributed by atoms with Gasteiger partial charge in [0.05, 0.1) is 29.5 Å². The molecule has 0 saturated heterocycles. The van der Waals surface area contributed by atoms with Gasteiger partial charge in [-0.25, -0.2) is 0 Å². The number of aromatic hydroxyl groups is 1. The van der Waals surface area contributed by atoms with Crippen LogP contribution >= 0.6 is 23.4 Å². The molecule has 3 aliphatic carbocycles. The quantitative estimate of drug-likeness (QED) is 0.200. The zero-order chi connectivity index (χ0) is 27.4. The van der Waals surface area contributed by atoms with Gasteiger partial charge in [-0.2, -0.15) is 11.8 Å². The molecule has 0 bridgehead atoms. The molecule has 0 heterocycles. The van der Waals surface area contributed by atoms with Crippen LogP contribution in [0.4, 0.5) is 0 Å². The number of fused-ring (bicyclic) bond motifs is 3. The van der Waals surface area contributed by atoms with Crippen molar-refractivity contribution in [2.75, 3.05) is 31.5 Å². The van der Waals surface area contributed by atoms with E-state index in [0.29, 0.717) is 29.4 Å². The Balaban J connectivity index is 1.91. The molecule has 3 aliphatic rings. The van der Waals surface area contributed by atoms with Gasteiger partial charge in [-0.1, -0.05) is 12.1 Å². The number of hydrogen-bond donors (Lipinski definition) is 4. The number of phenolic OH excluding ortho intramolecular Hbond substituents is 1. The first-order chi connectivity index (χ1) is 17.4. The number of likely N-dealkylation sites (N-methyl/N-ethyl adjacent to an activating group) is 1. The lowest BCUT2D eigenvalue weighted by Crippen LogP contribution is -2.77. The number of carbonyl (C=O) groups is 5. The lowest BCUT2D eigenvalue weighted by molar-refractivity contribution is -0.196. The fourth-order valence-electron chi connectivity index (χ4n) is 6.33. The van der Waals surface area contributed by atoms with E-state index < -0.39 is 76.4 Å². The topological polar surface area (TPSA) is 175 Å². The normalized spacial score (nSPS) is 35.2. The number of halogens is 1. The van der Waals surface area contributed by atoms with Crippen molar-refractivity contribution in [1.82, 2.24) is 4.90 Å². The van der Waals surface area contributed by atoms with Gasteiger partial charge in [-0.15, -0.1) is 11.6 Å². The summed E-state index contributed by atoms with van der Waals surface area (Å²) in [6.07, 6.45) is -0.956. The lowest BCUT2D eigenvalue weighted by atomic mass is 9.49. The summed E-state index contributed by atoms with van der Waals surface area (Å²) in [6.45, 7) is 0. The molecule has 1 aromatic carbocycles. The molecule has 4 rings (SSSR count). The molecule has 12 heteroatoms. The molecule has 0 radical (unpaired) electrons. The minimum absolute atomic E-state index is 0.107. The number of nitrogens with zero attached hydrogens (tertiary/aromatic N) is 1. The number of nitrogens with two attached hydrogens (primary N) is 1. The minimum atomic E-state index is -3.00. The summed E-state index contributed by atoms with van der Waals surface area (Å²) in [7, 11) is 2.91. The number of carbonyl (C=O) groups excluding carboxylic acids is 5. The van der Waals surface area contributed by atoms with E-state index >= 15 is 0 Å². The Morgan fingerprint density at radius 1 is 1.19 bits per heavy atom. The van der Waals surface area contributed by atoms with Crippen LogP contribution in [0.2, 0.25) is 0 Å². The molecule has 2 saturated carbocycles. The average Bonchev–Trinajstić information content (AvgIpc) is 2.82. The van der Waals surface area contributed by atoms with E-state index in [1.54, 1.807) is 12.1 Å². The maximum atomic E-state index is 14.0. The third kappa shape index (κ3) is 4.02. The second-order valence-corrected chi connectivity index (χ2v) is 11.6. The molecular weight excluding hydrogens is 524 g/mol. The summed E-state index contributed by atoms with van der Waals surface area (Å²) < 4.78 is 0. The van der Waals surface area contributed by atoms with Gasteiger partial charge >= 0.3 is 0 Å². The number of primary amides is 1. The van der Waals surface area contributed by atoms with Crippen LogP contribution in [0.3, 0.4) is 0 Å². The summed E-state index contributed by atoms with van der Waals surface area (Å²) in [5, 5.41) is 34.0. The van der Waals surface area contributed by atoms with Crippen LogP contribution < -0.4 is 5.73 Å². The highest BCUT2D eigenvalue weighted by Crippen LogP contribution is 2.55. The maximum Gasteiger partial charge on any atom is 0.235 e. The van der Waals surface area contributed by atoms with Crippen LogP contribution in [0.1, 0.15) is 28.3 Å². The zero-order valence-electron chi connectivity index (χ0n) is 20.3. The molecule has 1 aromatic rings. The van der Waals surface area contributed by atoms with Crippen LogP contribution in [-0.4, -0.2) is 98.5 Å². The second kappa shape index (κ2) is 10.1. The first kappa shape index (κ1) is 27.7. The Kier molecular flexibility index (Phi) is 7.57. The second-order valence-electron chi connectivity index (χ2n) is 10.0. The highest BCUT2D eigenvalue weighted by Gasteiger charge is 2.73. The number of Topliss-reactive ketones (excluding diaryl/α,β-unsaturated/α-hetero) is 4. The standard InChI is InChI=1S/C25H29ClN2O8S/c1-28(2)18-17-20(31)14-11(9-37-8-4-7-26)10-5-3-6-12(29)13(10)19(30)15(14)22(33)25(17,36)23(34)16(21(18)32)24(27)35/h3,5-6,11,14-18,20,29,31,36H,4,7-9H2,1-2H3,(H2,27,35). The van der Waals surface area contributed by atoms with E-state index in [2.05, 4.69) is 0 Å². The van der Waals surface area contributed by atoms with Crippen LogP contribution in [0, 0.1) is 23.7 Å². The van der Waals surface area contributed by atoms with Gasteiger partial charge in [0.25, 0.3) is 0 Å². The van der Waals surface area contributed by atoms with E-state index in [0.717, 1.165) is 0 Å². The number of hydrogen-bond acceptors (Lipinski definition) is 10. The summed E-state index contributed by atoms with van der Waals surface area (Å²) in [6, 6.07) is 3.09. The molecule has 37 heavy (non-hydrogen) atoms. The highest BCUT2D eigenvalue weighted by atomic mass is 35.5. The average molecular weight is 553 g/mol. The zero-order valence-corrected chi connectivity index (χ0v) is 21.9. The number of phenols is 1. The monoisotopic (exact) mass is 552 g/mol. The van der Waals surface area contributed by atoms with E-state index in [1.807, 2.05) is 0 Å². The van der Waals surface area contributed by atoms with Crippen LogP contribution in [0.15, 0.2) is 18.2 Å². The number of aliphatic hydroxyl groups is 2. The SMILES string of the molecule is CN(C)C1C(=O)C(C(N)=O)C(=O)C2(O)C(=O)C3C(=O)c4c(O)cccc4C(CSCCCCl)C3C(O)C12. The third-order valence-corrected chi connectivity index (χ3v) is 9.31. The number of thioether (sulfide) groups is 1. The van der Waals surface area contributed by atoms with Gasteiger partial charge in [-0.05, 0) is 37.9 Å². The van der Waals surface area contributed by atoms with Crippen molar-refractivity contribution < 1.29 is 39.3 Å². The summed E-state index contributed by atoms with van der Waals surface area (Å²) >= 11 is 7.28. The third-order valence-electron chi connectivity index (χ3n) is 7.87. The number of alkyl halides is 1. The Bertz CT molecular complexity index is 1180. The van der Waals surface area contributed by atoms with E-state index in [4.69, 9.17) is 17.3 Å². The van der Waals surface area contributed by atoms with Gasteiger partial charge in [0.2, 0.25) is 5.91 Å². The largest absolute Gasteiger partial charge is 0.507 e. The predicted octanol–water partition coefficient (Wildman–Crippen LogP) is -0.259. The van der Waals surface area contributed by atoms with Crippen LogP contribution in [-0.2, 0) is 19.2 Å². The Hall–Kier alpha value is -2.31. The summed E-state index contributed by atoms with van der Waals surface area (Å²) in [5.74, 6) is -11.8. The molecule has 0 spiro atoms. The number of ketones is 4. The Morgan fingerprint density at radius 3 is 2.46 bits per heavy atom. The number of benzene rings is 1. The molecule has 2 fully saturated rings. The maximum absolute atomic E-state index is 14.0. The van der Waals surface area contributed by atoms with Gasteiger partial charge < -0.3 is 21.1 Å². The van der Waals surface area contributed by atoms with E-state index in [1.165, 1.54) is 36.8 Å². The van der Waals surface area contributed by atoms with Gasteiger partial charge in [0.15, 0.2) is 34.7 Å². The minimum Gasteiger partial charge on any atom is -0.507 e. The molecular formula is C25H29ClN2O8S. The van der Waals surface area contributed by atoms with Gasteiger partial charge in [0, 0.05) is 23.5 Å². The van der Waals surface area contributed by atoms with Crippen molar-refractivity contribution in [2.45, 2.75) is 30.1 Å². The number of rotatable bonds is 7. The van der Waals surface area contributed by atoms with E-state index in [-0.39, 0.29) is 11.3 Å². The molecule has 5 N–H and O–H groups in total. The number of amides is 1. The first-order valence-corrected chi connectivity index (χ1v) is 13.6. The first-order valence-electron chi connectivity index (χ1n) is 11.9. The fourth-order valence-corrected chi connectivity index (χ4v) is 7.80. The molecule has 10 nitrogen and oxygen atoms in total. The van der Waals surface area contributed by atoms with Crippen LogP contribution in [0.25, 0.3) is 0 Å². The lowest BCUT2D eigenvalue weighted by Gasteiger charge is -2.56. The smallest absolute Gasteiger partial charge is 0.235 e. The van der Waals surface area contributed by atoms with E-state index in [9.17, 15) is 39.3 Å². The predicted molar refractivity (Wildman–Crippen MR) is 134 cm³/mol. The molecule has 8 atom stereocenters. The summed E-state index contributed by atoms with van der Waals surface area (Å²) in [4.78, 5) is 67.7. The van der Waals surface area contributed by atoms with Crippen molar-refractivity contribution >= 4 is 52.4 Å². The van der Waals surface area contributed by atoms with Crippen molar-refractivity contribution in [3.8, 4) is 5.75 Å². The highest BCUT2D eigenvalue weighted by molar-refractivity contribution is 7.99. The Morgan fingerprint density at radius 2 is 1.86 bits per heavy atom. The van der Waals surface area contributed by atoms with Crippen molar-refractivity contribution in [3.05, 3.63) is 29.3 Å². The molecule has 8 unspecified atom stereocenters. The van der Waals surface area contributed by atoms with Crippen molar-refractivity contribution in [3.63, 3.8) is 0 Å².